The van der Waals surface area contributed by atoms with Crippen molar-refractivity contribution in [2.45, 2.75) is 4.90 Å². The summed E-state index contributed by atoms with van der Waals surface area (Å²) in [6.07, 6.45) is 0. The summed E-state index contributed by atoms with van der Waals surface area (Å²) in [4.78, 5) is 24.6. The minimum absolute atomic E-state index is 0.0797. The molecule has 1 heterocycles. The number of halogens is 2. The van der Waals surface area contributed by atoms with Gasteiger partial charge in [-0.1, -0.05) is 29.3 Å². The molecule has 1 saturated heterocycles. The fourth-order valence-corrected chi connectivity index (χ4v) is 3.16. The van der Waals surface area contributed by atoms with Crippen molar-refractivity contribution in [1.82, 2.24) is 10.2 Å². The molecule has 0 bridgehead atoms. The number of amides is 3. The average Bonchev–Trinajstić information content (AvgIpc) is 2.64. The third-order valence-corrected chi connectivity index (χ3v) is 4.39. The molecule has 96 valence electrons. The topological polar surface area (TPSA) is 49.4 Å². The van der Waals surface area contributed by atoms with Crippen molar-refractivity contribution in [2.75, 3.05) is 18.8 Å². The van der Waals surface area contributed by atoms with Gasteiger partial charge in [-0.15, -0.1) is 11.8 Å². The summed E-state index contributed by atoms with van der Waals surface area (Å²) in [5.74, 6) is 0.355. The number of benzene rings is 1. The molecule has 0 radical (unpaired) electrons. The van der Waals surface area contributed by atoms with Crippen LogP contribution in [0.15, 0.2) is 23.1 Å². The Morgan fingerprint density at radius 2 is 1.94 bits per heavy atom. The third-order valence-electron chi connectivity index (χ3n) is 2.42. The number of carbonyl (C=O) groups excluding carboxylic acids is 2. The highest BCUT2D eigenvalue weighted by Gasteiger charge is 2.27. The van der Waals surface area contributed by atoms with Crippen LogP contribution in [0.4, 0.5) is 4.79 Å². The smallest absolute Gasteiger partial charge is 0.324 e. The van der Waals surface area contributed by atoms with Gasteiger partial charge in [0.1, 0.15) is 0 Å². The van der Waals surface area contributed by atoms with Crippen molar-refractivity contribution in [3.05, 3.63) is 28.2 Å². The monoisotopic (exact) mass is 304 g/mol. The van der Waals surface area contributed by atoms with E-state index in [0.717, 1.165) is 4.90 Å². The fourth-order valence-electron chi connectivity index (χ4n) is 1.54. The first-order valence-electron chi connectivity index (χ1n) is 5.24. The van der Waals surface area contributed by atoms with Gasteiger partial charge < -0.3 is 5.32 Å². The highest BCUT2D eigenvalue weighted by Crippen LogP contribution is 2.33. The van der Waals surface area contributed by atoms with Gasteiger partial charge in [0.2, 0.25) is 5.91 Å². The normalized spacial score (nSPS) is 15.1. The second-order valence-corrected chi connectivity index (χ2v) is 5.52. The number of thioether (sulfide) groups is 1. The Balaban J connectivity index is 1.93. The maximum atomic E-state index is 11.3. The minimum atomic E-state index is -0.342. The number of hydrogen-bond acceptors (Lipinski definition) is 3. The number of nitrogens with one attached hydrogen (secondary N) is 1. The zero-order valence-electron chi connectivity index (χ0n) is 9.28. The van der Waals surface area contributed by atoms with Crippen LogP contribution in [0.1, 0.15) is 0 Å². The Hall–Kier alpha value is -0.910. The number of urea groups is 1. The van der Waals surface area contributed by atoms with Gasteiger partial charge in [0, 0.05) is 17.2 Å². The summed E-state index contributed by atoms with van der Waals surface area (Å²) in [6, 6.07) is 4.94. The molecule has 18 heavy (non-hydrogen) atoms. The molecule has 7 heteroatoms. The number of nitrogens with zero attached hydrogens (tertiary/aromatic N) is 1. The molecule has 1 fully saturated rings. The molecule has 0 atom stereocenters. The second-order valence-electron chi connectivity index (χ2n) is 3.60. The van der Waals surface area contributed by atoms with E-state index in [1.165, 1.54) is 16.7 Å². The second kappa shape index (κ2) is 5.82. The van der Waals surface area contributed by atoms with E-state index in [1.54, 1.807) is 18.2 Å². The molecule has 0 saturated carbocycles. The average molecular weight is 305 g/mol. The van der Waals surface area contributed by atoms with Gasteiger partial charge in [-0.05, 0) is 12.1 Å². The van der Waals surface area contributed by atoms with Crippen molar-refractivity contribution in [1.29, 1.82) is 0 Å². The Labute approximate surface area is 119 Å². The van der Waals surface area contributed by atoms with Crippen LogP contribution in [0.2, 0.25) is 10.0 Å². The highest BCUT2D eigenvalue weighted by molar-refractivity contribution is 7.99. The number of carbonyl (C=O) groups is 2. The maximum absolute atomic E-state index is 11.3. The number of hydrogen-bond donors (Lipinski definition) is 1. The molecular weight excluding hydrogens is 295 g/mol. The van der Waals surface area contributed by atoms with Crippen LogP contribution in [-0.2, 0) is 4.79 Å². The summed E-state index contributed by atoms with van der Waals surface area (Å²) >= 11 is 13.5. The predicted molar refractivity (Wildman–Crippen MR) is 72.3 cm³/mol. The molecule has 3 amide bonds. The van der Waals surface area contributed by atoms with E-state index in [0.29, 0.717) is 22.3 Å². The molecule has 0 unspecified atom stereocenters. The molecule has 1 N–H and O–H groups in total. The van der Waals surface area contributed by atoms with Gasteiger partial charge in [-0.3, -0.25) is 9.69 Å². The van der Waals surface area contributed by atoms with Gasteiger partial charge in [-0.25, -0.2) is 4.79 Å². The largest absolute Gasteiger partial charge is 0.329 e. The van der Waals surface area contributed by atoms with Crippen molar-refractivity contribution in [3.8, 4) is 0 Å². The van der Waals surface area contributed by atoms with Gasteiger partial charge in [-0.2, -0.15) is 0 Å². The van der Waals surface area contributed by atoms with Crippen molar-refractivity contribution in [3.63, 3.8) is 0 Å². The lowest BCUT2D eigenvalue weighted by atomic mass is 10.4. The highest BCUT2D eigenvalue weighted by atomic mass is 35.5. The molecule has 0 spiro atoms. The predicted octanol–water partition coefficient (Wildman–Crippen LogP) is 2.64. The summed E-state index contributed by atoms with van der Waals surface area (Å²) in [6.45, 7) is 0.424. The Morgan fingerprint density at radius 1 is 1.28 bits per heavy atom. The van der Waals surface area contributed by atoms with Crippen LogP contribution < -0.4 is 5.32 Å². The summed E-state index contributed by atoms with van der Waals surface area (Å²) in [5, 5.41) is 3.61. The molecule has 0 aromatic heterocycles. The van der Waals surface area contributed by atoms with E-state index in [4.69, 9.17) is 23.2 Å². The van der Waals surface area contributed by atoms with Crippen LogP contribution in [-0.4, -0.2) is 35.7 Å². The molecule has 1 aromatic rings. The zero-order valence-corrected chi connectivity index (χ0v) is 11.6. The Morgan fingerprint density at radius 3 is 2.50 bits per heavy atom. The van der Waals surface area contributed by atoms with E-state index in [1.807, 2.05) is 0 Å². The van der Waals surface area contributed by atoms with E-state index in [2.05, 4.69) is 5.32 Å². The van der Waals surface area contributed by atoms with Gasteiger partial charge >= 0.3 is 6.03 Å². The van der Waals surface area contributed by atoms with Crippen molar-refractivity contribution < 1.29 is 9.59 Å². The lowest BCUT2D eigenvalue weighted by molar-refractivity contribution is -0.124. The van der Waals surface area contributed by atoms with E-state index >= 15 is 0 Å². The molecule has 4 nitrogen and oxygen atoms in total. The Bertz CT molecular complexity index is 460. The quantitative estimate of drug-likeness (QED) is 0.687. The van der Waals surface area contributed by atoms with Gasteiger partial charge in [0.15, 0.2) is 0 Å². The first-order chi connectivity index (χ1) is 8.59. The third kappa shape index (κ3) is 2.91. The molecule has 1 aromatic carbocycles. The van der Waals surface area contributed by atoms with Crippen LogP contribution in [0, 0.1) is 0 Å². The zero-order chi connectivity index (χ0) is 13.1. The fraction of sp³-hybridized carbons (Fsp3) is 0.273. The van der Waals surface area contributed by atoms with E-state index in [-0.39, 0.29) is 18.5 Å². The molecule has 1 aliphatic rings. The standard InChI is InChI=1S/C11H10Cl2N2O2S/c12-7-2-1-3-8(13)10(7)18-5-4-15-9(16)6-14-11(15)17/h1-3H,4-6H2,(H,14,17). The summed E-state index contributed by atoms with van der Waals surface area (Å²) < 4.78 is 0. The molecule has 1 aliphatic heterocycles. The minimum Gasteiger partial charge on any atom is -0.329 e. The van der Waals surface area contributed by atoms with Gasteiger partial charge in [0.05, 0.1) is 16.6 Å². The van der Waals surface area contributed by atoms with Crippen LogP contribution >= 0.6 is 35.0 Å². The lowest BCUT2D eigenvalue weighted by Crippen LogP contribution is -2.32. The maximum Gasteiger partial charge on any atom is 0.324 e. The SMILES string of the molecule is O=C1CNC(=O)N1CCSc1c(Cl)cccc1Cl. The van der Waals surface area contributed by atoms with Gasteiger partial charge in [0.25, 0.3) is 0 Å². The molecule has 0 aliphatic carbocycles. The molecule has 2 rings (SSSR count). The Kier molecular flexibility index (Phi) is 4.37. The summed E-state index contributed by atoms with van der Waals surface area (Å²) in [7, 11) is 0. The first-order valence-corrected chi connectivity index (χ1v) is 6.99. The van der Waals surface area contributed by atoms with Crippen molar-refractivity contribution in [2.24, 2.45) is 0 Å². The van der Waals surface area contributed by atoms with Crippen LogP contribution in [0.5, 0.6) is 0 Å². The van der Waals surface area contributed by atoms with Crippen molar-refractivity contribution >= 4 is 46.9 Å². The number of imide groups is 1. The molecular formula is C11H10Cl2N2O2S. The first kappa shape index (κ1) is 13.5. The lowest BCUT2D eigenvalue weighted by Gasteiger charge is -2.12. The number of rotatable bonds is 4. The van der Waals surface area contributed by atoms with Crippen LogP contribution in [0.25, 0.3) is 0 Å². The van der Waals surface area contributed by atoms with E-state index < -0.39 is 0 Å². The van der Waals surface area contributed by atoms with Crippen LogP contribution in [0.3, 0.4) is 0 Å². The van der Waals surface area contributed by atoms with E-state index in [9.17, 15) is 9.59 Å². The summed E-state index contributed by atoms with van der Waals surface area (Å²) in [5.41, 5.74) is 0.